The Kier molecular flexibility index (Phi) is 11.4. The zero-order chi connectivity index (χ0) is 14.7. The first-order chi connectivity index (χ1) is 8.95. The van der Waals surface area contributed by atoms with E-state index < -0.39 is 0 Å². The van der Waals surface area contributed by atoms with E-state index in [0.29, 0.717) is 26.4 Å². The number of nitrogens with zero attached hydrogens (tertiary/aromatic N) is 1. The average molecular weight is 293 g/mol. The molecule has 0 bridgehead atoms. The SMILES string of the molecule is CC(C)C(=O)N(C)CCOCCOCCC[SH](C)C. The molecule has 0 aliphatic heterocycles. The van der Waals surface area contributed by atoms with Crippen LogP contribution in [0.3, 0.4) is 0 Å². The van der Waals surface area contributed by atoms with Crippen molar-refractivity contribution in [3.63, 3.8) is 0 Å². The third-order valence-corrected chi connectivity index (χ3v) is 3.92. The zero-order valence-corrected chi connectivity index (χ0v) is 14.0. The van der Waals surface area contributed by atoms with E-state index in [9.17, 15) is 4.79 Å². The van der Waals surface area contributed by atoms with Crippen LogP contribution in [0.1, 0.15) is 20.3 Å². The van der Waals surface area contributed by atoms with Crippen molar-refractivity contribution >= 4 is 16.8 Å². The summed E-state index contributed by atoms with van der Waals surface area (Å²) >= 11 is 0. The predicted molar refractivity (Wildman–Crippen MR) is 84.4 cm³/mol. The molecule has 4 nitrogen and oxygen atoms in total. The Labute approximate surface area is 121 Å². The van der Waals surface area contributed by atoms with Gasteiger partial charge in [0.05, 0.1) is 19.8 Å². The molecule has 0 unspecified atom stereocenters. The quantitative estimate of drug-likeness (QED) is 0.466. The molecule has 0 rings (SSSR count). The van der Waals surface area contributed by atoms with Gasteiger partial charge in [-0.2, -0.15) is 0 Å². The molecular weight excluding hydrogens is 262 g/mol. The molecule has 0 aliphatic carbocycles. The minimum absolute atomic E-state index is 0.0518. The van der Waals surface area contributed by atoms with Gasteiger partial charge in [0.15, 0.2) is 0 Å². The van der Waals surface area contributed by atoms with Crippen LogP contribution in [0.4, 0.5) is 0 Å². The lowest BCUT2D eigenvalue weighted by Crippen LogP contribution is -2.33. The molecule has 0 N–H and O–H groups in total. The maximum absolute atomic E-state index is 11.6. The Morgan fingerprint density at radius 1 is 1.11 bits per heavy atom. The summed E-state index contributed by atoms with van der Waals surface area (Å²) in [5, 5.41) is 0. The molecule has 0 aromatic rings. The van der Waals surface area contributed by atoms with Gasteiger partial charge >= 0.3 is 0 Å². The van der Waals surface area contributed by atoms with Crippen molar-refractivity contribution in [3.8, 4) is 0 Å². The maximum Gasteiger partial charge on any atom is 0.224 e. The molecular formula is C14H31NO3S. The number of ether oxygens (including phenoxy) is 2. The van der Waals surface area contributed by atoms with Crippen molar-refractivity contribution in [3.05, 3.63) is 0 Å². The van der Waals surface area contributed by atoms with Gasteiger partial charge in [-0.05, 0) is 24.7 Å². The summed E-state index contributed by atoms with van der Waals surface area (Å²) in [5.41, 5.74) is 0. The van der Waals surface area contributed by atoms with E-state index in [0.717, 1.165) is 13.0 Å². The van der Waals surface area contributed by atoms with Crippen LogP contribution in [-0.4, -0.2) is 69.1 Å². The minimum Gasteiger partial charge on any atom is -0.379 e. The maximum atomic E-state index is 11.6. The third kappa shape index (κ3) is 11.3. The number of carbonyl (C=O) groups excluding carboxylic acids is 1. The second kappa shape index (κ2) is 11.6. The predicted octanol–water partition coefficient (Wildman–Crippen LogP) is 1.78. The summed E-state index contributed by atoms with van der Waals surface area (Å²) < 4.78 is 10.9. The lowest BCUT2D eigenvalue weighted by atomic mass is 10.2. The topological polar surface area (TPSA) is 38.8 Å². The van der Waals surface area contributed by atoms with Crippen molar-refractivity contribution in [1.82, 2.24) is 4.90 Å². The molecule has 0 saturated heterocycles. The Hall–Kier alpha value is -0.260. The smallest absolute Gasteiger partial charge is 0.224 e. The van der Waals surface area contributed by atoms with Crippen LogP contribution >= 0.6 is 10.9 Å². The van der Waals surface area contributed by atoms with Crippen LogP contribution < -0.4 is 0 Å². The Balaban J connectivity index is 3.29. The van der Waals surface area contributed by atoms with Crippen LogP contribution in [-0.2, 0) is 14.3 Å². The van der Waals surface area contributed by atoms with E-state index in [1.807, 2.05) is 20.9 Å². The fraction of sp³-hybridized carbons (Fsp3) is 0.929. The minimum atomic E-state index is 0.0518. The van der Waals surface area contributed by atoms with Gasteiger partial charge in [-0.25, -0.2) is 0 Å². The first kappa shape index (κ1) is 18.7. The van der Waals surface area contributed by atoms with Crippen LogP contribution in [0.5, 0.6) is 0 Å². The van der Waals surface area contributed by atoms with Crippen LogP contribution in [0.2, 0.25) is 0 Å². The van der Waals surface area contributed by atoms with E-state index in [-0.39, 0.29) is 22.7 Å². The van der Waals surface area contributed by atoms with Crippen molar-refractivity contribution in [2.75, 3.05) is 58.3 Å². The lowest BCUT2D eigenvalue weighted by molar-refractivity contribution is -0.133. The number of rotatable bonds is 11. The highest BCUT2D eigenvalue weighted by Crippen LogP contribution is 2.13. The fourth-order valence-corrected chi connectivity index (χ4v) is 2.32. The zero-order valence-electron chi connectivity index (χ0n) is 13.1. The molecule has 0 heterocycles. The molecule has 0 radical (unpaired) electrons. The molecule has 0 aromatic heterocycles. The van der Waals surface area contributed by atoms with Gasteiger partial charge < -0.3 is 14.4 Å². The summed E-state index contributed by atoms with van der Waals surface area (Å²) in [5.74, 6) is 1.49. The summed E-state index contributed by atoms with van der Waals surface area (Å²) in [7, 11) is 2.02. The Morgan fingerprint density at radius 3 is 2.21 bits per heavy atom. The first-order valence-corrected chi connectivity index (χ1v) is 9.42. The highest BCUT2D eigenvalue weighted by atomic mass is 32.2. The largest absolute Gasteiger partial charge is 0.379 e. The van der Waals surface area contributed by atoms with Crippen molar-refractivity contribution in [2.24, 2.45) is 5.92 Å². The molecule has 5 heteroatoms. The third-order valence-electron chi connectivity index (χ3n) is 2.71. The number of thiol groups is 1. The summed E-state index contributed by atoms with van der Waals surface area (Å²) in [6, 6.07) is 0. The van der Waals surface area contributed by atoms with Crippen molar-refractivity contribution in [2.45, 2.75) is 20.3 Å². The number of likely N-dealkylation sites (N-methyl/N-ethyl adjacent to an activating group) is 1. The second-order valence-corrected chi connectivity index (χ2v) is 7.90. The second-order valence-electron chi connectivity index (χ2n) is 5.30. The highest BCUT2D eigenvalue weighted by Gasteiger charge is 2.11. The normalized spacial score (nSPS) is 11.8. The van der Waals surface area contributed by atoms with E-state index in [4.69, 9.17) is 9.47 Å². The van der Waals surface area contributed by atoms with Crippen LogP contribution in [0.15, 0.2) is 0 Å². The highest BCUT2D eigenvalue weighted by molar-refractivity contribution is 8.15. The number of hydrogen-bond donors (Lipinski definition) is 1. The molecule has 0 atom stereocenters. The van der Waals surface area contributed by atoms with Gasteiger partial charge in [0.25, 0.3) is 0 Å². The van der Waals surface area contributed by atoms with Gasteiger partial charge in [-0.3, -0.25) is 15.7 Å². The molecule has 0 saturated carbocycles. The summed E-state index contributed by atoms with van der Waals surface area (Å²) in [4.78, 5) is 13.3. The molecule has 19 heavy (non-hydrogen) atoms. The van der Waals surface area contributed by atoms with Gasteiger partial charge in [-0.15, -0.1) is 0 Å². The Bertz CT molecular complexity index is 235. The van der Waals surface area contributed by atoms with Crippen LogP contribution in [0.25, 0.3) is 0 Å². The summed E-state index contributed by atoms with van der Waals surface area (Å²) in [6.45, 7) is 7.12. The van der Waals surface area contributed by atoms with Crippen LogP contribution in [0, 0.1) is 5.92 Å². The van der Waals surface area contributed by atoms with Gasteiger partial charge in [0.1, 0.15) is 0 Å². The average Bonchev–Trinajstić information content (AvgIpc) is 2.35. The first-order valence-electron chi connectivity index (χ1n) is 7.00. The lowest BCUT2D eigenvalue weighted by Gasteiger charge is -2.19. The Morgan fingerprint density at radius 2 is 1.68 bits per heavy atom. The number of amides is 1. The van der Waals surface area contributed by atoms with E-state index in [1.165, 1.54) is 5.75 Å². The molecule has 0 fully saturated rings. The summed E-state index contributed by atoms with van der Waals surface area (Å²) in [6.07, 6.45) is 5.71. The van der Waals surface area contributed by atoms with E-state index in [1.54, 1.807) is 4.90 Å². The monoisotopic (exact) mass is 293 g/mol. The molecule has 1 amide bonds. The fourth-order valence-electron chi connectivity index (χ4n) is 1.56. The number of hydrogen-bond acceptors (Lipinski definition) is 3. The van der Waals surface area contributed by atoms with Gasteiger partial charge in [-0.1, -0.05) is 13.8 Å². The molecule has 0 spiro atoms. The van der Waals surface area contributed by atoms with Crippen molar-refractivity contribution in [1.29, 1.82) is 0 Å². The number of carbonyl (C=O) groups is 1. The van der Waals surface area contributed by atoms with E-state index >= 15 is 0 Å². The standard InChI is InChI=1S/C14H31NO3S/c1-13(2)14(16)15(3)7-9-18-11-10-17-8-6-12-19(4)5/h13,19H,6-12H2,1-5H3. The molecule has 0 aliphatic rings. The molecule has 0 aromatic carbocycles. The molecule has 116 valence electrons. The van der Waals surface area contributed by atoms with Crippen molar-refractivity contribution < 1.29 is 14.3 Å². The van der Waals surface area contributed by atoms with Gasteiger partial charge in [0, 0.05) is 26.1 Å². The van der Waals surface area contributed by atoms with Gasteiger partial charge in [0.2, 0.25) is 5.91 Å². The van der Waals surface area contributed by atoms with E-state index in [2.05, 4.69) is 12.5 Å².